The molecule has 0 aliphatic carbocycles. The number of thiophene rings is 1. The summed E-state index contributed by atoms with van der Waals surface area (Å²) in [6.07, 6.45) is 6.99. The van der Waals surface area contributed by atoms with Gasteiger partial charge < -0.3 is 14.6 Å². The minimum Gasteiger partial charge on any atom is -0.491 e. The van der Waals surface area contributed by atoms with Crippen molar-refractivity contribution in [1.82, 2.24) is 35.0 Å². The van der Waals surface area contributed by atoms with Crippen molar-refractivity contribution in [2.24, 2.45) is 0 Å². The number of aromatic nitrogens is 6. The number of likely N-dealkylation sites (N-methyl/N-ethyl adjacent to an activating group) is 1. The monoisotopic (exact) mass is 499 g/mol. The maximum Gasteiger partial charge on any atom is 0.176 e. The van der Waals surface area contributed by atoms with E-state index < -0.39 is 0 Å². The average molecular weight is 500 g/mol. The Hall–Kier alpha value is -4.15. The third-order valence-corrected chi connectivity index (χ3v) is 6.77. The van der Waals surface area contributed by atoms with Crippen molar-refractivity contribution in [3.05, 3.63) is 66.3 Å². The van der Waals surface area contributed by atoms with Crippen LogP contribution in [0, 0.1) is 5.13 Å². The fourth-order valence-electron chi connectivity index (χ4n) is 4.07. The van der Waals surface area contributed by atoms with Gasteiger partial charge >= 0.3 is 0 Å². The smallest absolute Gasteiger partial charge is 0.176 e. The molecule has 2 N–H and O–H groups in total. The summed E-state index contributed by atoms with van der Waals surface area (Å²) in [5.41, 5.74) is 6.37. The minimum atomic E-state index is -0.227. The van der Waals surface area contributed by atoms with Crippen LogP contribution in [0.15, 0.2) is 61.2 Å². The van der Waals surface area contributed by atoms with Crippen molar-refractivity contribution in [2.45, 2.75) is 0 Å². The fraction of sp³-hybridized carbons (Fsp3) is 0.154. The van der Waals surface area contributed by atoms with Gasteiger partial charge in [-0.05, 0) is 50.5 Å². The van der Waals surface area contributed by atoms with E-state index in [1.807, 2.05) is 38.4 Å². The van der Waals surface area contributed by atoms with E-state index >= 15 is 0 Å². The van der Waals surface area contributed by atoms with Crippen molar-refractivity contribution in [2.75, 3.05) is 27.2 Å². The number of rotatable bonds is 7. The van der Waals surface area contributed by atoms with Gasteiger partial charge in [-0.25, -0.2) is 4.98 Å². The summed E-state index contributed by atoms with van der Waals surface area (Å²) in [7, 11) is 4.01. The van der Waals surface area contributed by atoms with Crippen LogP contribution in [-0.4, -0.2) is 62.3 Å². The zero-order valence-electron chi connectivity index (χ0n) is 19.6. The van der Waals surface area contributed by atoms with Crippen LogP contribution in [0.3, 0.4) is 0 Å². The van der Waals surface area contributed by atoms with E-state index in [4.69, 9.17) is 9.72 Å². The fourth-order valence-corrected chi connectivity index (χ4v) is 4.82. The molecule has 0 bridgehead atoms. The Morgan fingerprint density at radius 1 is 1.00 bits per heavy atom. The van der Waals surface area contributed by atoms with Crippen LogP contribution < -0.4 is 4.74 Å². The first-order valence-corrected chi connectivity index (χ1v) is 12.2. The number of fused-ring (bicyclic) bond motifs is 2. The second-order valence-corrected chi connectivity index (χ2v) is 9.69. The lowest BCUT2D eigenvalue weighted by atomic mass is 10.1. The number of hydrogen-bond donors (Lipinski definition) is 2. The van der Waals surface area contributed by atoms with E-state index in [0.717, 1.165) is 67.2 Å². The Bertz CT molecular complexity index is 1690. The third-order valence-electron chi connectivity index (χ3n) is 5.86. The highest BCUT2D eigenvalue weighted by atomic mass is 32.1. The summed E-state index contributed by atoms with van der Waals surface area (Å²) in [5, 5.41) is 8.32. The molecule has 0 aliphatic rings. The molecular formula is C26H22FN7OS. The molecule has 6 aromatic rings. The number of aromatic amines is 2. The summed E-state index contributed by atoms with van der Waals surface area (Å²) in [5.74, 6) is 0.698. The highest BCUT2D eigenvalue weighted by molar-refractivity contribution is 7.14. The molecule has 0 radical (unpaired) electrons. The molecule has 0 aliphatic heterocycles. The molecule has 180 valence electrons. The maximum absolute atomic E-state index is 13.7. The van der Waals surface area contributed by atoms with Crippen LogP contribution in [0.1, 0.15) is 0 Å². The van der Waals surface area contributed by atoms with Crippen LogP contribution in [-0.2, 0) is 0 Å². The quantitative estimate of drug-likeness (QED) is 0.307. The number of ether oxygens (including phenoxy) is 1. The Labute approximate surface area is 209 Å². The summed E-state index contributed by atoms with van der Waals surface area (Å²) in [6.45, 7) is 1.39. The van der Waals surface area contributed by atoms with Gasteiger partial charge in [0.25, 0.3) is 0 Å². The molecule has 0 saturated heterocycles. The summed E-state index contributed by atoms with van der Waals surface area (Å²) < 4.78 is 19.5. The van der Waals surface area contributed by atoms with Gasteiger partial charge in [0.2, 0.25) is 0 Å². The molecular weight excluding hydrogens is 477 g/mol. The molecule has 0 fully saturated rings. The molecule has 0 spiro atoms. The Kier molecular flexibility index (Phi) is 5.67. The van der Waals surface area contributed by atoms with Crippen LogP contribution in [0.4, 0.5) is 4.39 Å². The van der Waals surface area contributed by atoms with Crippen LogP contribution in [0.25, 0.3) is 55.0 Å². The maximum atomic E-state index is 13.7. The van der Waals surface area contributed by atoms with Crippen molar-refractivity contribution in [1.29, 1.82) is 0 Å². The van der Waals surface area contributed by atoms with E-state index in [0.29, 0.717) is 18.1 Å². The molecule has 6 rings (SSSR count). The van der Waals surface area contributed by atoms with Gasteiger partial charge in [-0.3, -0.25) is 15.1 Å². The Morgan fingerprint density at radius 3 is 2.72 bits per heavy atom. The number of nitrogens with zero attached hydrogens (tertiary/aromatic N) is 5. The van der Waals surface area contributed by atoms with Gasteiger partial charge in [-0.1, -0.05) is 0 Å². The topological polar surface area (TPSA) is 95.6 Å². The van der Waals surface area contributed by atoms with Crippen LogP contribution in [0.5, 0.6) is 5.75 Å². The van der Waals surface area contributed by atoms with Crippen molar-refractivity contribution >= 4 is 33.3 Å². The van der Waals surface area contributed by atoms with E-state index in [-0.39, 0.29) is 5.13 Å². The van der Waals surface area contributed by atoms with Crippen LogP contribution >= 0.6 is 11.3 Å². The van der Waals surface area contributed by atoms with E-state index in [1.54, 1.807) is 30.9 Å². The molecule has 0 amide bonds. The van der Waals surface area contributed by atoms with E-state index in [1.165, 1.54) is 6.07 Å². The highest BCUT2D eigenvalue weighted by Gasteiger charge is 2.16. The number of pyridine rings is 3. The zero-order valence-corrected chi connectivity index (χ0v) is 20.4. The lowest BCUT2D eigenvalue weighted by Crippen LogP contribution is -2.19. The van der Waals surface area contributed by atoms with Gasteiger partial charge in [0.05, 0.1) is 34.8 Å². The first kappa shape index (κ1) is 22.3. The molecule has 0 aromatic carbocycles. The summed E-state index contributed by atoms with van der Waals surface area (Å²) in [6, 6.07) is 11.1. The average Bonchev–Trinajstić information content (AvgIpc) is 3.61. The van der Waals surface area contributed by atoms with Gasteiger partial charge in [-0.2, -0.15) is 9.49 Å². The molecule has 8 nitrogen and oxygen atoms in total. The second kappa shape index (κ2) is 9.14. The molecule has 36 heavy (non-hydrogen) atoms. The molecule has 6 aromatic heterocycles. The lowest BCUT2D eigenvalue weighted by Gasteiger charge is -2.11. The van der Waals surface area contributed by atoms with Crippen LogP contribution in [0.2, 0.25) is 0 Å². The summed E-state index contributed by atoms with van der Waals surface area (Å²) >= 11 is 1.10. The molecule has 0 saturated carbocycles. The number of nitrogens with one attached hydrogen (secondary N) is 2. The normalized spacial score (nSPS) is 11.7. The predicted octanol–water partition coefficient (Wildman–Crippen LogP) is 5.37. The molecule has 10 heteroatoms. The lowest BCUT2D eigenvalue weighted by molar-refractivity contribution is 0.261. The summed E-state index contributed by atoms with van der Waals surface area (Å²) in [4.78, 5) is 19.9. The van der Waals surface area contributed by atoms with Gasteiger partial charge in [0.1, 0.15) is 23.6 Å². The van der Waals surface area contributed by atoms with Gasteiger partial charge in [0, 0.05) is 40.3 Å². The van der Waals surface area contributed by atoms with Gasteiger partial charge in [0.15, 0.2) is 5.13 Å². The minimum absolute atomic E-state index is 0.227. The van der Waals surface area contributed by atoms with E-state index in [2.05, 4.69) is 30.0 Å². The molecule has 0 atom stereocenters. The number of halogens is 1. The molecule has 0 unspecified atom stereocenters. The molecule has 6 heterocycles. The van der Waals surface area contributed by atoms with Gasteiger partial charge in [-0.15, -0.1) is 11.3 Å². The van der Waals surface area contributed by atoms with Crippen molar-refractivity contribution in [3.63, 3.8) is 0 Å². The Morgan fingerprint density at radius 2 is 1.89 bits per heavy atom. The SMILES string of the molecule is CN(C)CCOc1cncc(-c2ccc3[nH]nc(-c4cc5c(-c6ccc(F)s6)cncc5[nH]4)c3n2)c1. The first-order valence-electron chi connectivity index (χ1n) is 11.4. The predicted molar refractivity (Wildman–Crippen MR) is 140 cm³/mol. The van der Waals surface area contributed by atoms with Crippen molar-refractivity contribution < 1.29 is 9.13 Å². The number of hydrogen-bond acceptors (Lipinski definition) is 7. The zero-order chi connectivity index (χ0) is 24.6. The largest absolute Gasteiger partial charge is 0.491 e. The third kappa shape index (κ3) is 4.21. The Balaban J connectivity index is 1.37. The number of H-pyrrole nitrogens is 2. The second-order valence-electron chi connectivity index (χ2n) is 8.66. The first-order chi connectivity index (χ1) is 17.5. The van der Waals surface area contributed by atoms with E-state index in [9.17, 15) is 4.39 Å². The highest BCUT2D eigenvalue weighted by Crippen LogP contribution is 2.36. The van der Waals surface area contributed by atoms with Crippen molar-refractivity contribution in [3.8, 4) is 38.8 Å². The standard InChI is InChI=1S/C26H22FN7OS/c1-34(2)7-8-35-16-9-15(11-28-12-16)19-3-4-20-25(31-19)26(33-32-20)21-10-17-18(13-29-14-22(17)30-21)23-5-6-24(27)36-23/h3-6,9-14,30H,7-8H2,1-2H3,(H,32,33).